The number of rotatable bonds is 4. The molecule has 2 N–H and O–H groups in total. The highest BCUT2D eigenvalue weighted by Crippen LogP contribution is 2.27. The van der Waals surface area contributed by atoms with Gasteiger partial charge in [0.25, 0.3) is 5.88 Å². The van der Waals surface area contributed by atoms with Crippen LogP contribution in [0.3, 0.4) is 0 Å². The number of H-pyrrole nitrogens is 1. The minimum absolute atomic E-state index is 0.0715. The first-order valence-electron chi connectivity index (χ1n) is 6.49. The quantitative estimate of drug-likeness (QED) is 0.767. The van der Waals surface area contributed by atoms with Crippen LogP contribution < -0.4 is 4.74 Å². The number of carboxylic acids is 1. The summed E-state index contributed by atoms with van der Waals surface area (Å²) in [5.41, 5.74) is 2.77. The minimum atomic E-state index is -1.18. The van der Waals surface area contributed by atoms with Crippen LogP contribution in [0.15, 0.2) is 42.6 Å². The van der Waals surface area contributed by atoms with Crippen molar-refractivity contribution < 1.29 is 14.6 Å². The maximum Gasteiger partial charge on any atom is 0.359 e. The molecule has 7 heteroatoms. The molecule has 3 aromatic rings. The molecule has 0 aliphatic carbocycles. The number of aromatic nitrogens is 4. The Kier molecular flexibility index (Phi) is 3.53. The van der Waals surface area contributed by atoms with Crippen molar-refractivity contribution in [1.29, 1.82) is 0 Å². The zero-order valence-electron chi connectivity index (χ0n) is 11.6. The first kappa shape index (κ1) is 13.7. The van der Waals surface area contributed by atoms with Crippen LogP contribution in [-0.4, -0.2) is 31.5 Å². The van der Waals surface area contributed by atoms with Crippen molar-refractivity contribution in [3.8, 4) is 22.8 Å². The minimum Gasteiger partial charge on any atom is -0.476 e. The molecule has 0 saturated heterocycles. The fourth-order valence-electron chi connectivity index (χ4n) is 2.03. The lowest BCUT2D eigenvalue weighted by Gasteiger charge is -2.07. The second-order valence-corrected chi connectivity index (χ2v) is 4.56. The molecule has 0 atom stereocenters. The molecule has 0 bridgehead atoms. The van der Waals surface area contributed by atoms with Crippen molar-refractivity contribution in [2.75, 3.05) is 0 Å². The summed E-state index contributed by atoms with van der Waals surface area (Å²) in [5.74, 6) is -0.776. The van der Waals surface area contributed by atoms with E-state index in [0.717, 1.165) is 16.8 Å². The number of pyridine rings is 1. The maximum absolute atomic E-state index is 11.0. The number of benzene rings is 1. The Morgan fingerprint density at radius 1 is 1.23 bits per heavy atom. The van der Waals surface area contributed by atoms with Gasteiger partial charge >= 0.3 is 5.97 Å². The van der Waals surface area contributed by atoms with Gasteiger partial charge in [-0.2, -0.15) is 0 Å². The molecule has 110 valence electrons. The van der Waals surface area contributed by atoms with Crippen molar-refractivity contribution in [1.82, 2.24) is 20.4 Å². The van der Waals surface area contributed by atoms with E-state index in [9.17, 15) is 4.79 Å². The summed E-state index contributed by atoms with van der Waals surface area (Å²) in [7, 11) is 0. The third kappa shape index (κ3) is 2.64. The highest BCUT2D eigenvalue weighted by Gasteiger charge is 2.16. The van der Waals surface area contributed by atoms with E-state index in [1.165, 1.54) is 0 Å². The van der Waals surface area contributed by atoms with E-state index in [1.54, 1.807) is 18.3 Å². The van der Waals surface area contributed by atoms with Crippen LogP contribution in [0.2, 0.25) is 0 Å². The van der Waals surface area contributed by atoms with Crippen LogP contribution in [-0.2, 0) is 0 Å². The van der Waals surface area contributed by atoms with Crippen LogP contribution in [0, 0.1) is 6.92 Å². The number of aromatic carboxylic acids is 1. The lowest BCUT2D eigenvalue weighted by Crippen LogP contribution is -1.99. The highest BCUT2D eigenvalue weighted by atomic mass is 16.5. The van der Waals surface area contributed by atoms with E-state index >= 15 is 0 Å². The van der Waals surface area contributed by atoms with Gasteiger partial charge in [0.05, 0.1) is 0 Å². The van der Waals surface area contributed by atoms with Gasteiger partial charge in [-0.25, -0.2) is 9.89 Å². The van der Waals surface area contributed by atoms with E-state index < -0.39 is 5.97 Å². The van der Waals surface area contributed by atoms with Crippen LogP contribution in [0.25, 0.3) is 11.1 Å². The average Bonchev–Trinajstić information content (AvgIpc) is 2.97. The number of carbonyl (C=O) groups is 1. The van der Waals surface area contributed by atoms with Crippen molar-refractivity contribution in [3.63, 3.8) is 0 Å². The second-order valence-electron chi connectivity index (χ2n) is 4.56. The van der Waals surface area contributed by atoms with Crippen LogP contribution >= 0.6 is 0 Å². The lowest BCUT2D eigenvalue weighted by atomic mass is 10.0. The number of carboxylic acid groups (broad SMARTS) is 1. The van der Waals surface area contributed by atoms with E-state index in [2.05, 4.69) is 20.4 Å². The van der Waals surface area contributed by atoms with Crippen molar-refractivity contribution in [2.24, 2.45) is 0 Å². The molecule has 0 amide bonds. The summed E-state index contributed by atoms with van der Waals surface area (Å²) in [6.45, 7) is 1.94. The Hall–Kier alpha value is -3.22. The van der Waals surface area contributed by atoms with Crippen molar-refractivity contribution in [2.45, 2.75) is 6.92 Å². The predicted octanol–water partition coefficient (Wildman–Crippen LogP) is 2.67. The van der Waals surface area contributed by atoms with Gasteiger partial charge in [-0.1, -0.05) is 28.5 Å². The number of hydrogen-bond donors (Lipinski definition) is 2. The number of hydrogen-bond acceptors (Lipinski definition) is 5. The maximum atomic E-state index is 11.0. The topological polar surface area (TPSA) is 101 Å². The van der Waals surface area contributed by atoms with Crippen molar-refractivity contribution in [3.05, 3.63) is 54.0 Å². The third-order valence-corrected chi connectivity index (χ3v) is 3.12. The summed E-state index contributed by atoms with van der Waals surface area (Å²) < 4.78 is 5.43. The standard InChI is InChI=1S/C15H12N4O3/c1-9-12(3-2-8-16-9)10-4-6-11(7-5-10)22-14-13(15(20)21)17-19-18-14/h2-8H,1H3,(H,20,21)(H,17,18,19). The predicted molar refractivity (Wildman–Crippen MR) is 77.8 cm³/mol. The van der Waals surface area contributed by atoms with Gasteiger partial charge in [0, 0.05) is 17.5 Å². The molecule has 0 saturated carbocycles. The fourth-order valence-corrected chi connectivity index (χ4v) is 2.03. The zero-order chi connectivity index (χ0) is 15.5. The molecule has 0 aliphatic rings. The summed E-state index contributed by atoms with van der Waals surface area (Å²) in [6, 6.07) is 11.1. The Morgan fingerprint density at radius 2 is 2.00 bits per heavy atom. The van der Waals surface area contributed by atoms with Crippen LogP contribution in [0.1, 0.15) is 16.2 Å². The molecular formula is C15H12N4O3. The number of nitrogens with one attached hydrogen (secondary N) is 1. The molecule has 2 aromatic heterocycles. The molecule has 0 spiro atoms. The second kappa shape index (κ2) is 5.65. The first-order valence-corrected chi connectivity index (χ1v) is 6.49. The molecule has 0 radical (unpaired) electrons. The highest BCUT2D eigenvalue weighted by molar-refractivity contribution is 5.87. The molecule has 1 aromatic carbocycles. The van der Waals surface area contributed by atoms with E-state index in [-0.39, 0.29) is 11.6 Å². The normalized spacial score (nSPS) is 10.4. The summed E-state index contributed by atoms with van der Waals surface area (Å²) >= 11 is 0. The Bertz CT molecular complexity index is 812. The molecule has 0 unspecified atom stereocenters. The molecule has 0 fully saturated rings. The van der Waals surface area contributed by atoms with Gasteiger partial charge < -0.3 is 9.84 Å². The SMILES string of the molecule is Cc1ncccc1-c1ccc(Oc2nn[nH]c2C(=O)O)cc1. The number of aryl methyl sites for hydroxylation is 1. The van der Waals surface area contributed by atoms with Crippen LogP contribution in [0.4, 0.5) is 0 Å². The third-order valence-electron chi connectivity index (χ3n) is 3.12. The van der Waals surface area contributed by atoms with E-state index in [0.29, 0.717) is 5.75 Å². The number of nitrogens with zero attached hydrogens (tertiary/aromatic N) is 3. The van der Waals surface area contributed by atoms with Gasteiger partial charge in [-0.3, -0.25) is 4.98 Å². The van der Waals surface area contributed by atoms with Crippen LogP contribution in [0.5, 0.6) is 11.6 Å². The molecular weight excluding hydrogens is 284 g/mol. The molecule has 7 nitrogen and oxygen atoms in total. The van der Waals surface area contributed by atoms with E-state index in [1.807, 2.05) is 31.2 Å². The van der Waals surface area contributed by atoms with E-state index in [4.69, 9.17) is 9.84 Å². The summed E-state index contributed by atoms with van der Waals surface area (Å²) in [4.78, 5) is 15.2. The molecule has 0 aliphatic heterocycles. The molecule has 22 heavy (non-hydrogen) atoms. The Morgan fingerprint density at radius 3 is 2.68 bits per heavy atom. The largest absolute Gasteiger partial charge is 0.476 e. The molecule has 3 rings (SSSR count). The Balaban J connectivity index is 1.84. The average molecular weight is 296 g/mol. The number of aromatic amines is 1. The van der Waals surface area contributed by atoms with Gasteiger partial charge in [0.1, 0.15) is 5.75 Å². The zero-order valence-corrected chi connectivity index (χ0v) is 11.6. The first-order chi connectivity index (χ1) is 10.6. The smallest absolute Gasteiger partial charge is 0.359 e. The Labute approximate surface area is 125 Å². The monoisotopic (exact) mass is 296 g/mol. The lowest BCUT2D eigenvalue weighted by molar-refractivity contribution is 0.0687. The van der Waals surface area contributed by atoms with Gasteiger partial charge in [0.2, 0.25) is 5.69 Å². The summed E-state index contributed by atoms with van der Waals surface area (Å²) in [5, 5.41) is 18.3. The number of ether oxygens (including phenoxy) is 1. The van der Waals surface area contributed by atoms with Gasteiger partial charge in [-0.05, 0) is 30.7 Å². The molecule has 2 heterocycles. The van der Waals surface area contributed by atoms with Gasteiger partial charge in [-0.15, -0.1) is 0 Å². The van der Waals surface area contributed by atoms with Gasteiger partial charge in [0.15, 0.2) is 0 Å². The summed E-state index contributed by atoms with van der Waals surface area (Å²) in [6.07, 6.45) is 1.74. The fraction of sp³-hybridized carbons (Fsp3) is 0.0667. The van der Waals surface area contributed by atoms with Crippen molar-refractivity contribution >= 4 is 5.97 Å².